The molecule has 8 unspecified atom stereocenters. The maximum absolute atomic E-state index is 14.2. The van der Waals surface area contributed by atoms with Gasteiger partial charge in [0.25, 0.3) is 0 Å². The molecular formula is C39H65NO12. The van der Waals surface area contributed by atoms with Crippen LogP contribution in [0.25, 0.3) is 0 Å². The molecule has 15 atom stereocenters. The lowest BCUT2D eigenvalue weighted by Gasteiger charge is -2.48. The van der Waals surface area contributed by atoms with Crippen molar-refractivity contribution in [2.75, 3.05) is 21.2 Å². The number of fused-ring (bicyclic) bond motifs is 2. The predicted octanol–water partition coefficient (Wildman–Crippen LogP) is 4.70. The van der Waals surface area contributed by atoms with Crippen LogP contribution >= 0.6 is 0 Å². The Morgan fingerprint density at radius 2 is 1.63 bits per heavy atom. The molecule has 0 radical (unpaired) electrons. The molecule has 13 nitrogen and oxygen atoms in total. The Morgan fingerprint density at radius 1 is 0.981 bits per heavy atom. The van der Waals surface area contributed by atoms with Crippen molar-refractivity contribution >= 4 is 17.7 Å². The average Bonchev–Trinajstić information content (AvgIpc) is 3.37. The highest BCUT2D eigenvalue weighted by Gasteiger charge is 2.56. The third-order valence-electron chi connectivity index (χ3n) is 11.7. The monoisotopic (exact) mass is 739 g/mol. The topological polar surface area (TPSA) is 149 Å². The first-order valence-electron chi connectivity index (χ1n) is 18.9. The second-order valence-electron chi connectivity index (χ2n) is 16.7. The van der Waals surface area contributed by atoms with Gasteiger partial charge in [0, 0.05) is 39.2 Å². The SMILES string of the molecule is CCC1OC(=O)C(C)C(O[C@H]2C[C@@](C)(OC)CC(C)O2)C(C)[C@@H](OC2OC(C)CC(N(C)C)[C@H]2OC(C)=O)[C@]2(C)CC(C)=C(O2)[C@H](C)C(=O)[C@]1(C)O. The second kappa shape index (κ2) is 16.3. The summed E-state index contributed by atoms with van der Waals surface area (Å²) in [5.74, 6) is -3.57. The lowest BCUT2D eigenvalue weighted by atomic mass is 9.79. The number of carbonyl (C=O) groups is 3. The molecule has 0 aromatic rings. The van der Waals surface area contributed by atoms with Gasteiger partial charge in [0.2, 0.25) is 0 Å². The number of carbonyl (C=O) groups excluding carboxylic acids is 3. The molecule has 52 heavy (non-hydrogen) atoms. The number of methoxy groups -OCH3 is 1. The van der Waals surface area contributed by atoms with Crippen LogP contribution in [0.5, 0.6) is 0 Å². The van der Waals surface area contributed by atoms with Crippen LogP contribution in [0.1, 0.15) is 108 Å². The number of hydrogen-bond donors (Lipinski definition) is 1. The number of ketones is 1. The minimum absolute atomic E-state index is 0.190. The van der Waals surface area contributed by atoms with Crippen LogP contribution in [0, 0.1) is 17.8 Å². The van der Waals surface area contributed by atoms with Crippen LogP contribution in [0.2, 0.25) is 0 Å². The minimum Gasteiger partial charge on any atom is -0.488 e. The summed E-state index contributed by atoms with van der Waals surface area (Å²) < 4.78 is 51.3. The fourth-order valence-corrected chi connectivity index (χ4v) is 8.91. The summed E-state index contributed by atoms with van der Waals surface area (Å²) in [6, 6.07) is -0.217. The fourth-order valence-electron chi connectivity index (χ4n) is 8.91. The van der Waals surface area contributed by atoms with Gasteiger partial charge in [-0.2, -0.15) is 0 Å². The number of Topliss-reactive ketones (excluding diaryl/α,β-unsaturated/α-hetero) is 1. The highest BCUT2D eigenvalue weighted by Crippen LogP contribution is 2.47. The summed E-state index contributed by atoms with van der Waals surface area (Å²) in [7, 11) is 5.51. The van der Waals surface area contributed by atoms with Gasteiger partial charge in [-0.3, -0.25) is 14.4 Å². The van der Waals surface area contributed by atoms with Gasteiger partial charge in [-0.1, -0.05) is 13.8 Å². The third kappa shape index (κ3) is 8.87. The Kier molecular flexibility index (Phi) is 13.4. The number of rotatable bonds is 8. The highest BCUT2D eigenvalue weighted by atomic mass is 16.7. The normalized spacial score (nSPS) is 45.1. The summed E-state index contributed by atoms with van der Waals surface area (Å²) >= 11 is 0. The van der Waals surface area contributed by atoms with Crippen molar-refractivity contribution in [3.05, 3.63) is 11.3 Å². The zero-order valence-electron chi connectivity index (χ0n) is 33.8. The number of hydrogen-bond acceptors (Lipinski definition) is 13. The van der Waals surface area contributed by atoms with E-state index >= 15 is 0 Å². The smallest absolute Gasteiger partial charge is 0.311 e. The molecule has 0 saturated carbocycles. The lowest BCUT2D eigenvalue weighted by Crippen LogP contribution is -2.60. The number of esters is 2. The summed E-state index contributed by atoms with van der Waals surface area (Å²) in [6.07, 6.45) is -3.59. The number of aliphatic hydroxyl groups is 1. The standard InChI is InChI=1S/C39H65NO12/c1-15-28-39(11,44)33(42)23(5)30-20(2)17-38(10,52-30)34(51-36-32(48-26(8)41)27(40(12)13)16-21(3)47-36)24(6)31(25(7)35(43)49-28)50-29-19-37(9,45-14)18-22(4)46-29/h21-25,27-29,31-32,34,36,44H,15-19H2,1-14H3/t21?,22?,23-,24?,25?,27?,28?,29-,31?,32+,34+,36?,37-,38-,39+/m0/s1. The van der Waals surface area contributed by atoms with E-state index in [-0.39, 0.29) is 24.7 Å². The molecule has 0 aromatic heterocycles. The Bertz CT molecular complexity index is 1330. The highest BCUT2D eigenvalue weighted by molar-refractivity contribution is 5.91. The number of nitrogens with zero attached hydrogens (tertiary/aromatic N) is 1. The number of cyclic esters (lactones) is 1. The Balaban J connectivity index is 1.87. The number of likely N-dealkylation sites (N-methyl/N-ethyl adjacent to an activating group) is 1. The molecule has 0 amide bonds. The van der Waals surface area contributed by atoms with Gasteiger partial charge in [0.15, 0.2) is 30.1 Å². The molecule has 0 spiro atoms. The molecule has 1 N–H and O–H groups in total. The molecule has 4 heterocycles. The van der Waals surface area contributed by atoms with E-state index in [1.165, 1.54) is 13.8 Å². The van der Waals surface area contributed by atoms with E-state index in [2.05, 4.69) is 0 Å². The average molecular weight is 740 g/mol. The summed E-state index contributed by atoms with van der Waals surface area (Å²) in [6.45, 7) is 19.6. The van der Waals surface area contributed by atoms with Crippen LogP contribution in [-0.2, 0) is 52.3 Å². The quantitative estimate of drug-likeness (QED) is 0.343. The van der Waals surface area contributed by atoms with E-state index < -0.39 is 89.3 Å². The van der Waals surface area contributed by atoms with Crippen LogP contribution in [-0.4, -0.2) is 121 Å². The lowest BCUT2D eigenvalue weighted by molar-refractivity contribution is -0.310. The second-order valence-corrected chi connectivity index (χ2v) is 16.7. The minimum atomic E-state index is -2.00. The van der Waals surface area contributed by atoms with Crippen molar-refractivity contribution < 1.29 is 57.4 Å². The van der Waals surface area contributed by atoms with E-state index in [4.69, 9.17) is 37.9 Å². The van der Waals surface area contributed by atoms with Gasteiger partial charge in [-0.15, -0.1) is 0 Å². The van der Waals surface area contributed by atoms with Gasteiger partial charge < -0.3 is 47.9 Å². The first kappa shape index (κ1) is 42.6. The van der Waals surface area contributed by atoms with Gasteiger partial charge in [-0.05, 0) is 87.9 Å². The first-order valence-corrected chi connectivity index (χ1v) is 18.9. The van der Waals surface area contributed by atoms with Crippen LogP contribution in [0.3, 0.4) is 0 Å². The van der Waals surface area contributed by atoms with Crippen molar-refractivity contribution in [1.82, 2.24) is 4.90 Å². The molecule has 4 rings (SSSR count). The number of ether oxygens (including phenoxy) is 8. The van der Waals surface area contributed by atoms with Crippen molar-refractivity contribution in [1.29, 1.82) is 0 Å². The Morgan fingerprint density at radius 3 is 2.21 bits per heavy atom. The molecular weight excluding hydrogens is 674 g/mol. The Labute approximate surface area is 310 Å². The van der Waals surface area contributed by atoms with Gasteiger partial charge in [0.05, 0.1) is 41.8 Å². The van der Waals surface area contributed by atoms with Crippen molar-refractivity contribution in [2.45, 2.75) is 180 Å². The van der Waals surface area contributed by atoms with Gasteiger partial charge in [-0.25, -0.2) is 0 Å². The van der Waals surface area contributed by atoms with Crippen molar-refractivity contribution in [3.8, 4) is 0 Å². The zero-order valence-corrected chi connectivity index (χ0v) is 33.8. The summed E-state index contributed by atoms with van der Waals surface area (Å²) in [5, 5.41) is 11.7. The third-order valence-corrected chi connectivity index (χ3v) is 11.7. The fraction of sp³-hybridized carbons (Fsp3) is 0.872. The van der Waals surface area contributed by atoms with Crippen LogP contribution in [0.15, 0.2) is 11.3 Å². The molecule has 13 heteroatoms. The molecule has 4 aliphatic heterocycles. The molecule has 298 valence electrons. The van der Waals surface area contributed by atoms with Gasteiger partial charge >= 0.3 is 11.9 Å². The zero-order chi connectivity index (χ0) is 39.1. The molecule has 0 aromatic carbocycles. The van der Waals surface area contributed by atoms with Gasteiger partial charge in [0.1, 0.15) is 23.6 Å². The van der Waals surface area contributed by atoms with E-state index in [0.29, 0.717) is 31.4 Å². The molecule has 2 bridgehead atoms. The first-order chi connectivity index (χ1) is 24.1. The largest absolute Gasteiger partial charge is 0.488 e. The van der Waals surface area contributed by atoms with Crippen molar-refractivity contribution in [2.24, 2.45) is 17.8 Å². The molecule has 4 aliphatic rings. The molecule has 3 fully saturated rings. The van der Waals surface area contributed by atoms with Crippen LogP contribution < -0.4 is 0 Å². The van der Waals surface area contributed by atoms with E-state index in [9.17, 15) is 19.5 Å². The van der Waals surface area contributed by atoms with E-state index in [1.54, 1.807) is 27.9 Å². The molecule has 3 saturated heterocycles. The Hall–Kier alpha value is -2.13. The summed E-state index contributed by atoms with van der Waals surface area (Å²) in [5.41, 5.74) is -2.81. The van der Waals surface area contributed by atoms with Crippen molar-refractivity contribution in [3.63, 3.8) is 0 Å². The van der Waals surface area contributed by atoms with E-state index in [0.717, 1.165) is 5.57 Å². The molecule has 0 aliphatic carbocycles. The maximum atomic E-state index is 14.2. The van der Waals surface area contributed by atoms with E-state index in [1.807, 2.05) is 60.5 Å². The summed E-state index contributed by atoms with van der Waals surface area (Å²) in [4.78, 5) is 42.7. The predicted molar refractivity (Wildman–Crippen MR) is 191 cm³/mol. The van der Waals surface area contributed by atoms with Crippen LogP contribution in [0.4, 0.5) is 0 Å². The maximum Gasteiger partial charge on any atom is 0.311 e. The number of allylic oxidation sites excluding steroid dienone is 1.